The molecule has 2 unspecified atom stereocenters. The summed E-state index contributed by atoms with van der Waals surface area (Å²) < 4.78 is 38.0. The lowest BCUT2D eigenvalue weighted by Gasteiger charge is -2.18. The second kappa shape index (κ2) is 13.1. The maximum absolute atomic E-state index is 11.5. The fourth-order valence-corrected chi connectivity index (χ4v) is 3.91. The molecule has 1 aromatic heterocycles. The molecule has 1 N–H and O–H groups in total. The second-order valence-corrected chi connectivity index (χ2v) is 12.2. The van der Waals surface area contributed by atoms with E-state index in [4.69, 9.17) is 9.05 Å². The third-order valence-electron chi connectivity index (χ3n) is 3.29. The first-order valence-corrected chi connectivity index (χ1v) is 14.1. The van der Waals surface area contributed by atoms with Crippen molar-refractivity contribution in [2.24, 2.45) is 0 Å². The molecule has 0 spiro atoms. The highest BCUT2D eigenvalue weighted by Gasteiger charge is 2.18. The zero-order chi connectivity index (χ0) is 21.8. The average Bonchev–Trinajstić information content (AvgIpc) is 2.62. The van der Waals surface area contributed by atoms with Crippen LogP contribution in [0.4, 0.5) is 4.79 Å². The van der Waals surface area contributed by atoms with Crippen LogP contribution in [0.3, 0.4) is 0 Å². The summed E-state index contributed by atoms with van der Waals surface area (Å²) >= 11 is 0. The first-order chi connectivity index (χ1) is 12.9. The standard InChI is InChI=1S/C10H16NO2P.C8H18NO4P/c1-4-10(13-14(2,3)12)9-7-5-6-8-11-9;1-5-7(13-14(3,4)11)6-9-8(10)12-2/h5-8,10H,4H2,1-3H3;7H,5-6H2,1-4H3,(H,9,10). The minimum Gasteiger partial charge on any atom is -0.453 e. The van der Waals surface area contributed by atoms with Gasteiger partial charge in [0.05, 0.1) is 18.9 Å². The third kappa shape index (κ3) is 13.9. The lowest BCUT2D eigenvalue weighted by atomic mass is 10.2. The minimum absolute atomic E-state index is 0.156. The van der Waals surface area contributed by atoms with Crippen LogP contribution in [0, 0.1) is 0 Å². The van der Waals surface area contributed by atoms with Crippen molar-refractivity contribution in [3.05, 3.63) is 30.1 Å². The van der Waals surface area contributed by atoms with E-state index in [0.29, 0.717) is 13.0 Å². The SMILES string of the molecule is CCC(CNC(=O)OC)OP(C)(C)=O.CCC(OP(C)(C)=O)c1ccccn1. The van der Waals surface area contributed by atoms with Crippen molar-refractivity contribution in [2.75, 3.05) is 40.3 Å². The zero-order valence-corrected chi connectivity index (χ0v) is 19.7. The molecular weight excluding hydrogens is 402 g/mol. The van der Waals surface area contributed by atoms with Gasteiger partial charge in [-0.2, -0.15) is 0 Å². The van der Waals surface area contributed by atoms with E-state index in [1.807, 2.05) is 32.0 Å². The summed E-state index contributed by atoms with van der Waals surface area (Å²) in [5.41, 5.74) is 0.846. The Morgan fingerprint density at radius 3 is 2.07 bits per heavy atom. The Bertz CT molecular complexity index is 659. The van der Waals surface area contributed by atoms with Crippen molar-refractivity contribution in [3.8, 4) is 0 Å². The smallest absolute Gasteiger partial charge is 0.406 e. The van der Waals surface area contributed by atoms with E-state index >= 15 is 0 Å². The Morgan fingerprint density at radius 1 is 1.07 bits per heavy atom. The number of hydrogen-bond acceptors (Lipinski definition) is 7. The largest absolute Gasteiger partial charge is 0.453 e. The molecule has 10 heteroatoms. The summed E-state index contributed by atoms with van der Waals surface area (Å²) in [7, 11) is -3.65. The molecule has 0 aliphatic carbocycles. The Balaban J connectivity index is 0.000000521. The number of carbonyl (C=O) groups is 1. The highest BCUT2D eigenvalue weighted by atomic mass is 31.2. The molecule has 8 nitrogen and oxygen atoms in total. The molecule has 0 saturated heterocycles. The van der Waals surface area contributed by atoms with Crippen molar-refractivity contribution in [1.29, 1.82) is 0 Å². The summed E-state index contributed by atoms with van der Waals surface area (Å²) in [4.78, 5) is 14.9. The molecule has 1 amide bonds. The number of amides is 1. The zero-order valence-electron chi connectivity index (χ0n) is 17.9. The van der Waals surface area contributed by atoms with Crippen LogP contribution in [0.15, 0.2) is 24.4 Å². The molecule has 0 aromatic carbocycles. The normalized spacial score (nSPS) is 13.7. The summed E-state index contributed by atoms with van der Waals surface area (Å²) in [5, 5.41) is 2.50. The Labute approximate surface area is 168 Å². The van der Waals surface area contributed by atoms with Gasteiger partial charge in [0.2, 0.25) is 0 Å². The molecule has 2 atom stereocenters. The number of nitrogens with one attached hydrogen (secondary N) is 1. The number of hydrogen-bond donors (Lipinski definition) is 1. The van der Waals surface area contributed by atoms with E-state index in [2.05, 4.69) is 15.0 Å². The summed E-state index contributed by atoms with van der Waals surface area (Å²) in [6.45, 7) is 10.6. The Hall–Kier alpha value is -1.20. The van der Waals surface area contributed by atoms with Crippen LogP contribution in [0.25, 0.3) is 0 Å². The van der Waals surface area contributed by atoms with Gasteiger partial charge >= 0.3 is 6.09 Å². The van der Waals surface area contributed by atoms with Gasteiger partial charge in [0, 0.05) is 39.4 Å². The molecule has 0 bridgehead atoms. The first-order valence-electron chi connectivity index (χ1n) is 9.11. The third-order valence-corrected chi connectivity index (χ3v) is 4.86. The van der Waals surface area contributed by atoms with Crippen molar-refractivity contribution in [3.63, 3.8) is 0 Å². The number of pyridine rings is 1. The lowest BCUT2D eigenvalue weighted by Crippen LogP contribution is -2.32. The van der Waals surface area contributed by atoms with Gasteiger partial charge in [-0.3, -0.25) is 14.1 Å². The molecule has 0 fully saturated rings. The minimum atomic E-state index is -2.50. The average molecular weight is 436 g/mol. The topological polar surface area (TPSA) is 104 Å². The second-order valence-electron chi connectivity index (χ2n) is 6.77. The summed E-state index contributed by atoms with van der Waals surface area (Å²) in [6, 6.07) is 5.65. The van der Waals surface area contributed by atoms with Crippen LogP contribution < -0.4 is 5.32 Å². The maximum Gasteiger partial charge on any atom is 0.406 e. The highest BCUT2D eigenvalue weighted by molar-refractivity contribution is 7.57. The summed E-state index contributed by atoms with van der Waals surface area (Å²) in [6.07, 6.45) is 2.30. The van der Waals surface area contributed by atoms with Crippen LogP contribution in [-0.2, 0) is 22.9 Å². The summed E-state index contributed by atoms with van der Waals surface area (Å²) in [5.74, 6) is 0. The van der Waals surface area contributed by atoms with Crippen LogP contribution in [0.2, 0.25) is 0 Å². The van der Waals surface area contributed by atoms with E-state index in [1.165, 1.54) is 7.11 Å². The van der Waals surface area contributed by atoms with Gasteiger partial charge in [0.1, 0.15) is 6.10 Å². The van der Waals surface area contributed by atoms with E-state index in [1.54, 1.807) is 32.9 Å². The fourth-order valence-electron chi connectivity index (χ4n) is 2.10. The van der Waals surface area contributed by atoms with E-state index in [0.717, 1.165) is 12.1 Å². The molecule has 1 rings (SSSR count). The number of methoxy groups -OCH3 is 1. The molecule has 162 valence electrons. The van der Waals surface area contributed by atoms with Crippen molar-refractivity contribution in [1.82, 2.24) is 10.3 Å². The molecule has 0 radical (unpaired) electrons. The van der Waals surface area contributed by atoms with Gasteiger partial charge in [-0.15, -0.1) is 0 Å². The van der Waals surface area contributed by atoms with Gasteiger partial charge < -0.3 is 19.1 Å². The molecule has 28 heavy (non-hydrogen) atoms. The molecule has 0 aliphatic heterocycles. The van der Waals surface area contributed by atoms with Gasteiger partial charge in [-0.25, -0.2) is 4.79 Å². The molecular formula is C18H34N2O6P2. The van der Waals surface area contributed by atoms with Crippen LogP contribution >= 0.6 is 14.7 Å². The van der Waals surface area contributed by atoms with Crippen molar-refractivity contribution < 1.29 is 27.7 Å². The molecule has 0 aliphatic rings. The number of rotatable bonds is 9. The van der Waals surface area contributed by atoms with Crippen LogP contribution in [0.1, 0.15) is 38.5 Å². The van der Waals surface area contributed by atoms with Gasteiger partial charge in [0.15, 0.2) is 14.7 Å². The Kier molecular flexibility index (Phi) is 12.5. The number of ether oxygens (including phenoxy) is 1. The first kappa shape index (κ1) is 26.8. The molecule has 0 saturated carbocycles. The van der Waals surface area contributed by atoms with Crippen molar-refractivity contribution >= 4 is 20.8 Å². The van der Waals surface area contributed by atoms with E-state index in [9.17, 15) is 13.9 Å². The number of carbonyl (C=O) groups excluding carboxylic acids is 1. The van der Waals surface area contributed by atoms with Crippen molar-refractivity contribution in [2.45, 2.75) is 38.9 Å². The molecule has 1 aromatic rings. The molecule has 1 heterocycles. The fraction of sp³-hybridized carbons (Fsp3) is 0.667. The van der Waals surface area contributed by atoms with E-state index < -0.39 is 20.8 Å². The Morgan fingerprint density at radius 2 is 1.68 bits per heavy atom. The van der Waals surface area contributed by atoms with Gasteiger partial charge in [-0.05, 0) is 25.0 Å². The van der Waals surface area contributed by atoms with Gasteiger partial charge in [0.25, 0.3) is 0 Å². The predicted molar refractivity (Wildman–Crippen MR) is 113 cm³/mol. The number of alkyl carbamates (subject to hydrolysis) is 1. The monoisotopic (exact) mass is 436 g/mol. The highest BCUT2D eigenvalue weighted by Crippen LogP contribution is 2.43. The van der Waals surface area contributed by atoms with Gasteiger partial charge in [-0.1, -0.05) is 19.9 Å². The van der Waals surface area contributed by atoms with Crippen LogP contribution in [0.5, 0.6) is 0 Å². The lowest BCUT2D eigenvalue weighted by molar-refractivity contribution is 0.156. The van der Waals surface area contributed by atoms with Crippen LogP contribution in [-0.4, -0.2) is 57.5 Å². The maximum atomic E-state index is 11.5. The van der Waals surface area contributed by atoms with E-state index in [-0.39, 0.29) is 12.2 Å². The predicted octanol–water partition coefficient (Wildman–Crippen LogP) is 4.76. The number of nitrogens with zero attached hydrogens (tertiary/aromatic N) is 1. The number of aromatic nitrogens is 1. The quantitative estimate of drug-likeness (QED) is 0.557.